The lowest BCUT2D eigenvalue weighted by molar-refractivity contribution is -0.136. The largest absolute Gasteiger partial charge is 0.491 e. The summed E-state index contributed by atoms with van der Waals surface area (Å²) in [5, 5.41) is 18.0. The summed E-state index contributed by atoms with van der Waals surface area (Å²) in [7, 11) is 0. The minimum atomic E-state index is -1.03. The highest BCUT2D eigenvalue weighted by atomic mass is 16.5. The van der Waals surface area contributed by atoms with E-state index in [1.54, 1.807) is 24.5 Å². The molecule has 0 bridgehead atoms. The second kappa shape index (κ2) is 14.8. The Morgan fingerprint density at radius 2 is 1.76 bits per heavy atom. The van der Waals surface area contributed by atoms with Crippen molar-refractivity contribution in [2.24, 2.45) is 0 Å². The van der Waals surface area contributed by atoms with Crippen molar-refractivity contribution in [3.63, 3.8) is 0 Å². The number of ether oxygens (including phenoxy) is 2. The van der Waals surface area contributed by atoms with Crippen LogP contribution in [0, 0.1) is 0 Å². The van der Waals surface area contributed by atoms with Crippen LogP contribution in [0.5, 0.6) is 5.75 Å². The molecule has 0 aliphatic carbocycles. The van der Waals surface area contributed by atoms with Gasteiger partial charge in [-0.25, -0.2) is 9.78 Å². The molecule has 0 radical (unpaired) electrons. The smallest absolute Gasteiger partial charge is 0.324 e. The van der Waals surface area contributed by atoms with Crippen molar-refractivity contribution < 1.29 is 33.4 Å². The molecule has 3 aromatic carbocycles. The van der Waals surface area contributed by atoms with Crippen molar-refractivity contribution in [2.45, 2.75) is 45.1 Å². The molecule has 1 unspecified atom stereocenters. The Morgan fingerprint density at radius 3 is 2.52 bits per heavy atom. The number of rotatable bonds is 12. The van der Waals surface area contributed by atoms with Crippen molar-refractivity contribution in [1.29, 1.82) is 0 Å². The number of fused-ring (bicyclic) bond motifs is 2. The summed E-state index contributed by atoms with van der Waals surface area (Å²) in [4.78, 5) is 68.2. The van der Waals surface area contributed by atoms with Gasteiger partial charge in [0.1, 0.15) is 30.5 Å². The summed E-state index contributed by atoms with van der Waals surface area (Å²) in [5.41, 5.74) is 4.69. The van der Waals surface area contributed by atoms with Gasteiger partial charge in [-0.15, -0.1) is 0 Å². The maximum absolute atomic E-state index is 13.3. The summed E-state index contributed by atoms with van der Waals surface area (Å²) < 4.78 is 13.6. The van der Waals surface area contributed by atoms with E-state index < -0.39 is 29.7 Å². The third-order valence-corrected chi connectivity index (χ3v) is 9.04. The number of imidazole rings is 1. The van der Waals surface area contributed by atoms with Crippen LogP contribution < -0.4 is 26.0 Å². The first-order chi connectivity index (χ1) is 26.0. The maximum atomic E-state index is 13.3. The van der Waals surface area contributed by atoms with Gasteiger partial charge in [0.2, 0.25) is 11.8 Å². The molecule has 54 heavy (non-hydrogen) atoms. The minimum Gasteiger partial charge on any atom is -0.491 e. The fourth-order valence-corrected chi connectivity index (χ4v) is 6.29. The number of imide groups is 2. The summed E-state index contributed by atoms with van der Waals surface area (Å²) in [5.74, 6) is -1.06. The first-order valence-corrected chi connectivity index (χ1v) is 17.5. The minimum absolute atomic E-state index is 0.0563. The fourth-order valence-electron chi connectivity index (χ4n) is 6.29. The van der Waals surface area contributed by atoms with Crippen LogP contribution in [0.25, 0.3) is 16.7 Å². The third kappa shape index (κ3) is 7.50. The molecule has 0 saturated carbocycles. The first-order valence-electron chi connectivity index (χ1n) is 17.5. The second-order valence-corrected chi connectivity index (χ2v) is 13.9. The van der Waals surface area contributed by atoms with Gasteiger partial charge in [0.05, 0.1) is 41.1 Å². The zero-order valence-electron chi connectivity index (χ0n) is 29.9. The summed E-state index contributed by atoms with van der Waals surface area (Å²) in [6.45, 7) is 7.40. The molecule has 0 spiro atoms. The average molecular weight is 734 g/mol. The third-order valence-electron chi connectivity index (χ3n) is 9.04. The van der Waals surface area contributed by atoms with E-state index >= 15 is 0 Å². The highest BCUT2D eigenvalue weighted by Crippen LogP contribution is 2.32. The molecule has 278 valence electrons. The summed E-state index contributed by atoms with van der Waals surface area (Å²) in [6, 6.07) is 18.3. The van der Waals surface area contributed by atoms with Gasteiger partial charge >= 0.3 is 6.03 Å². The SMILES string of the molecule is CC(C)(C)c1cc(NC(=O)Nc2ccc(-n3cnc4cc(OCCOCCNc5cccc6c5C(=O)N(C5CCC(=O)NC5=O)C6=O)ccc43)cc2)[nH]n1. The van der Waals surface area contributed by atoms with E-state index in [0.29, 0.717) is 49.3 Å². The Morgan fingerprint density at radius 1 is 0.944 bits per heavy atom. The Kier molecular flexibility index (Phi) is 9.84. The van der Waals surface area contributed by atoms with Crippen LogP contribution in [0.15, 0.2) is 73.1 Å². The molecule has 6 amide bonds. The number of hydrogen-bond acceptors (Lipinski definition) is 10. The van der Waals surface area contributed by atoms with Gasteiger partial charge in [0, 0.05) is 47.6 Å². The quantitative estimate of drug-likeness (QED) is 0.0892. The van der Waals surface area contributed by atoms with Gasteiger partial charge in [-0.05, 0) is 55.0 Å². The lowest BCUT2D eigenvalue weighted by Crippen LogP contribution is -2.54. The molecular formula is C38H39N9O7. The van der Waals surface area contributed by atoms with Crippen LogP contribution in [0.4, 0.5) is 22.0 Å². The highest BCUT2D eigenvalue weighted by Gasteiger charge is 2.45. The number of nitrogens with zero attached hydrogens (tertiary/aromatic N) is 4. The zero-order valence-corrected chi connectivity index (χ0v) is 29.9. The predicted molar refractivity (Wildman–Crippen MR) is 199 cm³/mol. The van der Waals surface area contributed by atoms with Crippen molar-refractivity contribution in [3.05, 3.63) is 89.9 Å². The number of piperidine rings is 1. The molecule has 16 heteroatoms. The van der Waals surface area contributed by atoms with E-state index in [2.05, 4.69) is 36.4 Å². The van der Waals surface area contributed by atoms with E-state index in [-0.39, 0.29) is 35.4 Å². The Balaban J connectivity index is 0.859. The Hall–Kier alpha value is -6.55. The van der Waals surface area contributed by atoms with Crippen LogP contribution in [-0.2, 0) is 19.7 Å². The first kappa shape index (κ1) is 35.8. The number of aromatic nitrogens is 4. The van der Waals surface area contributed by atoms with Crippen molar-refractivity contribution in [1.82, 2.24) is 30.0 Å². The lowest BCUT2D eigenvalue weighted by Gasteiger charge is -2.27. The number of hydrogen-bond donors (Lipinski definition) is 5. The van der Waals surface area contributed by atoms with Gasteiger partial charge in [0.15, 0.2) is 0 Å². The molecule has 2 aliphatic rings. The fraction of sp³-hybridized carbons (Fsp3) is 0.289. The molecule has 5 aromatic rings. The van der Waals surface area contributed by atoms with Gasteiger partial charge in [-0.3, -0.25) is 44.4 Å². The molecule has 7 rings (SSSR count). The molecule has 4 heterocycles. The molecule has 5 N–H and O–H groups in total. The predicted octanol–water partition coefficient (Wildman–Crippen LogP) is 4.60. The Bertz CT molecular complexity index is 2250. The van der Waals surface area contributed by atoms with Crippen LogP contribution in [-0.4, -0.2) is 86.7 Å². The Labute approximate surface area is 309 Å². The van der Waals surface area contributed by atoms with Crippen molar-refractivity contribution in [2.75, 3.05) is 42.3 Å². The number of nitrogens with one attached hydrogen (secondary N) is 5. The summed E-state index contributed by atoms with van der Waals surface area (Å²) >= 11 is 0. The van der Waals surface area contributed by atoms with E-state index in [9.17, 15) is 24.0 Å². The number of H-pyrrole nitrogens is 1. The number of urea groups is 1. The second-order valence-electron chi connectivity index (χ2n) is 13.9. The molecule has 1 atom stereocenters. The molecule has 16 nitrogen and oxygen atoms in total. The molecule has 1 fully saturated rings. The number of amides is 6. The van der Waals surface area contributed by atoms with Crippen LogP contribution >= 0.6 is 0 Å². The van der Waals surface area contributed by atoms with Gasteiger partial charge in [-0.1, -0.05) is 26.8 Å². The maximum Gasteiger partial charge on any atom is 0.324 e. The van der Waals surface area contributed by atoms with Crippen LogP contribution in [0.1, 0.15) is 60.0 Å². The monoisotopic (exact) mass is 733 g/mol. The summed E-state index contributed by atoms with van der Waals surface area (Å²) in [6.07, 6.45) is 1.87. The number of carbonyl (C=O) groups is 5. The number of benzene rings is 3. The zero-order chi connectivity index (χ0) is 38.0. The number of carbonyl (C=O) groups excluding carboxylic acids is 5. The van der Waals surface area contributed by atoms with Gasteiger partial charge in [-0.2, -0.15) is 5.10 Å². The average Bonchev–Trinajstić information content (AvgIpc) is 3.85. The van der Waals surface area contributed by atoms with E-state index in [1.807, 2.05) is 73.9 Å². The van der Waals surface area contributed by atoms with Crippen molar-refractivity contribution >= 4 is 57.9 Å². The van der Waals surface area contributed by atoms with Crippen molar-refractivity contribution in [3.8, 4) is 11.4 Å². The van der Waals surface area contributed by atoms with Crippen LogP contribution in [0.3, 0.4) is 0 Å². The van der Waals surface area contributed by atoms with Crippen LogP contribution in [0.2, 0.25) is 0 Å². The molecular weight excluding hydrogens is 694 g/mol. The topological polar surface area (TPSA) is 202 Å². The number of aromatic amines is 1. The van der Waals surface area contributed by atoms with Gasteiger partial charge < -0.3 is 20.1 Å². The standard InChI is InChI=1S/C38H39N9O7/c1-38(2,3)30-20-31(45-44-30)42-37(52)41-22-7-9-23(10-8-22)46-21-40-27-19-24(11-12-28(27)46)54-18-17-53-16-15-39-26-6-4-5-25-33(26)36(51)47(35(25)50)29-13-14-32(48)43-34(29)49/h4-12,19-21,29,39H,13-18H2,1-3H3,(H,43,48,49)(H3,41,42,44,45,52). The normalized spacial score (nSPS) is 15.7. The highest BCUT2D eigenvalue weighted by molar-refractivity contribution is 6.25. The lowest BCUT2D eigenvalue weighted by atomic mass is 9.92. The van der Waals surface area contributed by atoms with E-state index in [0.717, 1.165) is 27.3 Å². The van der Waals surface area contributed by atoms with E-state index in [1.165, 1.54) is 0 Å². The van der Waals surface area contributed by atoms with Gasteiger partial charge in [0.25, 0.3) is 11.8 Å². The van der Waals surface area contributed by atoms with E-state index in [4.69, 9.17) is 9.47 Å². The molecule has 1 saturated heterocycles. The molecule has 2 aliphatic heterocycles. The number of anilines is 3. The molecule has 2 aromatic heterocycles.